The predicted molar refractivity (Wildman–Crippen MR) is 64.7 cm³/mol. The number of hydrogen-bond acceptors (Lipinski definition) is 5. The Hall–Kier alpha value is -1.69. The lowest BCUT2D eigenvalue weighted by atomic mass is 10.1. The van der Waals surface area contributed by atoms with Gasteiger partial charge in [-0.15, -0.1) is 0 Å². The summed E-state index contributed by atoms with van der Waals surface area (Å²) < 4.78 is 0. The second kappa shape index (κ2) is 5.09. The van der Waals surface area contributed by atoms with Crippen molar-refractivity contribution in [3.05, 3.63) is 18.1 Å². The van der Waals surface area contributed by atoms with Crippen molar-refractivity contribution in [2.75, 3.05) is 32.0 Å². The van der Waals surface area contributed by atoms with Crippen LogP contribution in [-0.4, -0.2) is 53.5 Å². The van der Waals surface area contributed by atoms with Crippen LogP contribution in [-0.2, 0) is 4.79 Å². The fourth-order valence-corrected chi connectivity index (χ4v) is 1.82. The summed E-state index contributed by atoms with van der Waals surface area (Å²) in [5.74, 6) is 0.906. The Morgan fingerprint density at radius 2 is 2.29 bits per heavy atom. The van der Waals surface area contributed by atoms with Crippen LogP contribution < -0.4 is 10.6 Å². The van der Waals surface area contributed by atoms with Crippen molar-refractivity contribution < 1.29 is 4.79 Å². The molecule has 1 aromatic rings. The minimum atomic E-state index is 0.0568. The van der Waals surface area contributed by atoms with Gasteiger partial charge in [0.05, 0.1) is 12.6 Å². The van der Waals surface area contributed by atoms with Gasteiger partial charge in [0.2, 0.25) is 5.91 Å². The number of likely N-dealkylation sites (N-methyl/N-ethyl adjacent to an activating group) is 1. The number of likely N-dealkylation sites (tertiary alicyclic amines) is 1. The maximum Gasteiger partial charge on any atom is 0.233 e. The second-order valence-electron chi connectivity index (χ2n) is 4.25. The minimum Gasteiger partial charge on any atom is -0.365 e. The topological polar surface area (TPSA) is 70.2 Å². The summed E-state index contributed by atoms with van der Waals surface area (Å²) in [7, 11) is 1.65. The Balaban J connectivity index is 1.75. The van der Waals surface area contributed by atoms with E-state index in [-0.39, 0.29) is 5.91 Å². The maximum absolute atomic E-state index is 11.1. The van der Waals surface area contributed by atoms with Gasteiger partial charge < -0.3 is 10.6 Å². The summed E-state index contributed by atoms with van der Waals surface area (Å²) in [4.78, 5) is 21.4. The van der Waals surface area contributed by atoms with Gasteiger partial charge in [-0.25, -0.2) is 9.97 Å². The van der Waals surface area contributed by atoms with E-state index < -0.39 is 0 Å². The fraction of sp³-hybridized carbons (Fsp3) is 0.545. The summed E-state index contributed by atoms with van der Waals surface area (Å²) >= 11 is 0. The molecule has 0 unspecified atom stereocenters. The van der Waals surface area contributed by atoms with E-state index in [9.17, 15) is 4.79 Å². The number of hydrogen-bond donors (Lipinski definition) is 2. The number of aromatic nitrogens is 2. The van der Waals surface area contributed by atoms with Crippen LogP contribution in [0.25, 0.3) is 0 Å². The van der Waals surface area contributed by atoms with Crippen molar-refractivity contribution in [1.29, 1.82) is 0 Å². The van der Waals surface area contributed by atoms with E-state index >= 15 is 0 Å². The number of amides is 1. The monoisotopic (exact) mass is 235 g/mol. The fourth-order valence-electron chi connectivity index (χ4n) is 1.82. The van der Waals surface area contributed by atoms with E-state index in [2.05, 4.69) is 25.5 Å². The van der Waals surface area contributed by atoms with Crippen molar-refractivity contribution in [3.63, 3.8) is 0 Å². The average molecular weight is 235 g/mol. The molecule has 0 aromatic carbocycles. The largest absolute Gasteiger partial charge is 0.365 e. The molecule has 0 spiro atoms. The van der Waals surface area contributed by atoms with Gasteiger partial charge in [0.1, 0.15) is 12.1 Å². The smallest absolute Gasteiger partial charge is 0.233 e. The zero-order valence-electron chi connectivity index (χ0n) is 10.1. The Kier molecular flexibility index (Phi) is 3.53. The molecular formula is C11H17N5O. The van der Waals surface area contributed by atoms with Crippen LogP contribution in [0, 0.1) is 6.92 Å². The molecule has 1 aliphatic heterocycles. The lowest BCUT2D eigenvalue weighted by molar-refractivity contribution is -0.122. The van der Waals surface area contributed by atoms with Crippen molar-refractivity contribution in [2.24, 2.45) is 0 Å². The number of anilines is 1. The average Bonchev–Trinajstić information content (AvgIpc) is 2.26. The molecule has 0 saturated carbocycles. The molecule has 1 saturated heterocycles. The molecule has 6 heteroatoms. The summed E-state index contributed by atoms with van der Waals surface area (Å²) in [6.45, 7) is 4.15. The third kappa shape index (κ3) is 3.13. The van der Waals surface area contributed by atoms with Crippen LogP contribution in [0.3, 0.4) is 0 Å². The highest BCUT2D eigenvalue weighted by Gasteiger charge is 2.27. The van der Waals surface area contributed by atoms with Crippen LogP contribution in [0.4, 0.5) is 5.82 Å². The summed E-state index contributed by atoms with van der Waals surface area (Å²) in [5, 5.41) is 5.93. The second-order valence-corrected chi connectivity index (χ2v) is 4.25. The third-order valence-corrected chi connectivity index (χ3v) is 2.76. The molecule has 1 aromatic heterocycles. The SMILES string of the molecule is CNC(=O)CN1CC(Nc2cc(C)ncn2)C1. The Morgan fingerprint density at radius 1 is 1.53 bits per heavy atom. The van der Waals surface area contributed by atoms with E-state index in [1.165, 1.54) is 0 Å². The molecular weight excluding hydrogens is 218 g/mol. The molecule has 0 bridgehead atoms. The molecule has 17 heavy (non-hydrogen) atoms. The number of carbonyl (C=O) groups excluding carboxylic acids is 1. The molecule has 2 rings (SSSR count). The van der Waals surface area contributed by atoms with Gasteiger partial charge in [0, 0.05) is 31.9 Å². The first-order valence-corrected chi connectivity index (χ1v) is 5.65. The van der Waals surface area contributed by atoms with Crippen molar-refractivity contribution in [2.45, 2.75) is 13.0 Å². The number of rotatable bonds is 4. The molecule has 1 aliphatic rings. The highest BCUT2D eigenvalue weighted by atomic mass is 16.1. The third-order valence-electron chi connectivity index (χ3n) is 2.76. The molecule has 6 nitrogen and oxygen atoms in total. The van der Waals surface area contributed by atoms with E-state index in [1.807, 2.05) is 13.0 Å². The van der Waals surface area contributed by atoms with Crippen molar-refractivity contribution in [1.82, 2.24) is 20.2 Å². The highest BCUT2D eigenvalue weighted by molar-refractivity contribution is 5.77. The first-order chi connectivity index (χ1) is 8.17. The summed E-state index contributed by atoms with van der Waals surface area (Å²) in [5.41, 5.74) is 0.948. The Bertz CT molecular complexity index is 403. The first-order valence-electron chi connectivity index (χ1n) is 5.65. The van der Waals surface area contributed by atoms with Gasteiger partial charge in [-0.1, -0.05) is 0 Å². The first kappa shape index (κ1) is 11.8. The van der Waals surface area contributed by atoms with Crippen LogP contribution in [0.15, 0.2) is 12.4 Å². The van der Waals surface area contributed by atoms with E-state index in [4.69, 9.17) is 0 Å². The molecule has 2 N–H and O–H groups in total. The summed E-state index contributed by atoms with van der Waals surface area (Å²) in [6.07, 6.45) is 1.55. The molecule has 92 valence electrons. The quantitative estimate of drug-likeness (QED) is 0.745. The van der Waals surface area contributed by atoms with E-state index in [0.717, 1.165) is 24.6 Å². The number of nitrogens with one attached hydrogen (secondary N) is 2. The standard InChI is InChI=1S/C11H17N5O/c1-8-3-10(14-7-13-8)15-9-4-16(5-9)6-11(17)12-2/h3,7,9H,4-6H2,1-2H3,(H,12,17)(H,13,14,15). The van der Waals surface area contributed by atoms with E-state index in [1.54, 1.807) is 13.4 Å². The lowest BCUT2D eigenvalue weighted by Gasteiger charge is -2.39. The predicted octanol–water partition coefficient (Wildman–Crippen LogP) is -0.373. The lowest BCUT2D eigenvalue weighted by Crippen LogP contribution is -2.57. The molecule has 0 atom stereocenters. The minimum absolute atomic E-state index is 0.0568. The molecule has 0 radical (unpaired) electrons. The molecule has 2 heterocycles. The van der Waals surface area contributed by atoms with Gasteiger partial charge in [-0.2, -0.15) is 0 Å². The molecule has 1 amide bonds. The van der Waals surface area contributed by atoms with Gasteiger partial charge in [0.15, 0.2) is 0 Å². The van der Waals surface area contributed by atoms with Crippen molar-refractivity contribution in [3.8, 4) is 0 Å². The van der Waals surface area contributed by atoms with Crippen LogP contribution in [0.5, 0.6) is 0 Å². The van der Waals surface area contributed by atoms with Gasteiger partial charge in [0.25, 0.3) is 0 Å². The van der Waals surface area contributed by atoms with Crippen LogP contribution >= 0.6 is 0 Å². The number of aryl methyl sites for hydroxylation is 1. The van der Waals surface area contributed by atoms with E-state index in [0.29, 0.717) is 12.6 Å². The summed E-state index contributed by atoms with van der Waals surface area (Å²) in [6, 6.07) is 2.29. The number of carbonyl (C=O) groups is 1. The van der Waals surface area contributed by atoms with Crippen LogP contribution in [0.2, 0.25) is 0 Å². The zero-order chi connectivity index (χ0) is 12.3. The van der Waals surface area contributed by atoms with Gasteiger partial charge in [-0.05, 0) is 6.92 Å². The van der Waals surface area contributed by atoms with Crippen LogP contribution in [0.1, 0.15) is 5.69 Å². The highest BCUT2D eigenvalue weighted by Crippen LogP contribution is 2.13. The van der Waals surface area contributed by atoms with Gasteiger partial charge >= 0.3 is 0 Å². The Morgan fingerprint density at radius 3 is 2.94 bits per heavy atom. The molecule has 1 fully saturated rings. The zero-order valence-corrected chi connectivity index (χ0v) is 10.1. The van der Waals surface area contributed by atoms with Crippen molar-refractivity contribution >= 4 is 11.7 Å². The Labute approximate surface area is 100 Å². The normalized spacial score (nSPS) is 16.4. The number of nitrogens with zero attached hydrogens (tertiary/aromatic N) is 3. The van der Waals surface area contributed by atoms with Gasteiger partial charge in [-0.3, -0.25) is 9.69 Å². The molecule has 0 aliphatic carbocycles. The maximum atomic E-state index is 11.1.